The minimum atomic E-state index is -0.0839. The van der Waals surface area contributed by atoms with E-state index in [0.717, 1.165) is 21.1 Å². The summed E-state index contributed by atoms with van der Waals surface area (Å²) in [6.45, 7) is 0.520. The van der Waals surface area contributed by atoms with Crippen LogP contribution < -0.4 is 5.32 Å². The zero-order valence-electron chi connectivity index (χ0n) is 11.1. The number of H-pyrrole nitrogens is 1. The lowest BCUT2D eigenvalue weighted by molar-refractivity contribution is 0.0954. The molecule has 0 aliphatic rings. The number of nitrogens with zero attached hydrogens (tertiary/aromatic N) is 2. The van der Waals surface area contributed by atoms with E-state index in [2.05, 4.69) is 36.4 Å². The number of aromatic amines is 1. The average molecular weight is 345 g/mol. The molecule has 0 unspecified atom stereocenters. The van der Waals surface area contributed by atoms with E-state index in [0.29, 0.717) is 18.5 Å². The maximum absolute atomic E-state index is 12.1. The number of hydrogen-bond acceptors (Lipinski definition) is 3. The first kappa shape index (κ1) is 13.8. The summed E-state index contributed by atoms with van der Waals surface area (Å²) < 4.78 is 1.03. The molecule has 0 spiro atoms. The monoisotopic (exact) mass is 344 g/mol. The van der Waals surface area contributed by atoms with Crippen LogP contribution in [0.4, 0.5) is 0 Å². The molecule has 0 radical (unpaired) electrons. The highest BCUT2D eigenvalue weighted by Crippen LogP contribution is 2.20. The van der Waals surface area contributed by atoms with Crippen molar-refractivity contribution in [2.45, 2.75) is 6.42 Å². The number of halogens is 1. The Morgan fingerprint density at radius 3 is 2.81 bits per heavy atom. The van der Waals surface area contributed by atoms with Crippen molar-refractivity contribution in [2.24, 2.45) is 0 Å². The lowest BCUT2D eigenvalue weighted by atomic mass is 10.1. The number of aromatic nitrogens is 3. The van der Waals surface area contributed by atoms with Crippen LogP contribution in [0.1, 0.15) is 16.2 Å². The van der Waals surface area contributed by atoms with Crippen molar-refractivity contribution >= 4 is 32.6 Å². The Hall–Kier alpha value is -2.21. The molecule has 3 rings (SSSR count). The number of amides is 1. The third-order valence-corrected chi connectivity index (χ3v) is 3.67. The normalized spacial score (nSPS) is 10.7. The lowest BCUT2D eigenvalue weighted by Gasteiger charge is -2.06. The Bertz CT molecular complexity index is 770. The van der Waals surface area contributed by atoms with E-state index in [9.17, 15) is 4.79 Å². The summed E-state index contributed by atoms with van der Waals surface area (Å²) in [5.74, 6) is 0.679. The first-order valence-corrected chi connectivity index (χ1v) is 7.33. The van der Waals surface area contributed by atoms with Gasteiger partial charge < -0.3 is 5.32 Å². The Morgan fingerprint density at radius 2 is 2.00 bits per heavy atom. The first-order chi connectivity index (χ1) is 10.2. The van der Waals surface area contributed by atoms with Gasteiger partial charge in [0.25, 0.3) is 5.91 Å². The molecule has 1 heterocycles. The molecule has 0 saturated heterocycles. The van der Waals surface area contributed by atoms with Gasteiger partial charge in [-0.15, -0.1) is 0 Å². The molecule has 1 amide bonds. The molecule has 0 atom stereocenters. The third kappa shape index (κ3) is 3.28. The van der Waals surface area contributed by atoms with Crippen LogP contribution >= 0.6 is 15.9 Å². The van der Waals surface area contributed by atoms with E-state index in [1.807, 2.05) is 36.4 Å². The Labute approximate surface area is 129 Å². The van der Waals surface area contributed by atoms with E-state index in [1.165, 1.54) is 6.33 Å². The number of hydrogen-bond donors (Lipinski definition) is 2. The molecule has 5 nitrogen and oxygen atoms in total. The SMILES string of the molecule is O=C(NCCc1ncn[nH]1)c1ccc2cc(Br)ccc2c1. The second-order valence-corrected chi connectivity index (χ2v) is 5.56. The van der Waals surface area contributed by atoms with E-state index in [1.54, 1.807) is 0 Å². The highest BCUT2D eigenvalue weighted by atomic mass is 79.9. The van der Waals surface area contributed by atoms with Gasteiger partial charge in [-0.1, -0.05) is 28.1 Å². The van der Waals surface area contributed by atoms with Gasteiger partial charge in [0.1, 0.15) is 12.2 Å². The van der Waals surface area contributed by atoms with Gasteiger partial charge in [0.2, 0.25) is 0 Å². The summed E-state index contributed by atoms with van der Waals surface area (Å²) in [5.41, 5.74) is 0.655. The van der Waals surface area contributed by atoms with Crippen molar-refractivity contribution in [3.8, 4) is 0 Å². The minimum absolute atomic E-state index is 0.0839. The standard InChI is InChI=1S/C15H13BrN4O/c16-13-4-3-10-7-12(2-1-11(10)8-13)15(21)17-6-5-14-18-9-19-20-14/h1-4,7-9H,5-6H2,(H,17,21)(H,18,19,20). The zero-order chi connectivity index (χ0) is 14.7. The highest BCUT2D eigenvalue weighted by molar-refractivity contribution is 9.10. The molecule has 3 aromatic rings. The Morgan fingerprint density at radius 1 is 1.19 bits per heavy atom. The summed E-state index contributed by atoms with van der Waals surface area (Å²) in [5, 5.41) is 11.5. The van der Waals surface area contributed by atoms with Crippen molar-refractivity contribution < 1.29 is 4.79 Å². The van der Waals surface area contributed by atoms with Gasteiger partial charge in [-0.3, -0.25) is 9.89 Å². The summed E-state index contributed by atoms with van der Waals surface area (Å²) in [6.07, 6.45) is 2.09. The minimum Gasteiger partial charge on any atom is -0.352 e. The number of carbonyl (C=O) groups excluding carboxylic acids is 1. The molecule has 0 bridgehead atoms. The molecular weight excluding hydrogens is 332 g/mol. The summed E-state index contributed by atoms with van der Waals surface area (Å²) in [6, 6.07) is 11.7. The van der Waals surface area contributed by atoms with Crippen LogP contribution in [0.2, 0.25) is 0 Å². The fourth-order valence-corrected chi connectivity index (χ4v) is 2.48. The number of benzene rings is 2. The van der Waals surface area contributed by atoms with E-state index in [4.69, 9.17) is 0 Å². The molecule has 2 aromatic carbocycles. The molecule has 2 N–H and O–H groups in total. The van der Waals surface area contributed by atoms with Gasteiger partial charge in [-0.05, 0) is 35.0 Å². The van der Waals surface area contributed by atoms with Crippen molar-refractivity contribution in [3.05, 3.63) is 58.6 Å². The van der Waals surface area contributed by atoms with Gasteiger partial charge in [-0.25, -0.2) is 4.98 Å². The quantitative estimate of drug-likeness (QED) is 0.764. The van der Waals surface area contributed by atoms with Crippen molar-refractivity contribution in [1.82, 2.24) is 20.5 Å². The summed E-state index contributed by atoms with van der Waals surface area (Å²) >= 11 is 3.44. The third-order valence-electron chi connectivity index (χ3n) is 3.18. The smallest absolute Gasteiger partial charge is 0.251 e. The van der Waals surface area contributed by atoms with Crippen LogP contribution in [0, 0.1) is 0 Å². The highest BCUT2D eigenvalue weighted by Gasteiger charge is 2.06. The molecule has 21 heavy (non-hydrogen) atoms. The number of fused-ring (bicyclic) bond motifs is 1. The molecule has 6 heteroatoms. The van der Waals surface area contributed by atoms with Gasteiger partial charge >= 0.3 is 0 Å². The number of nitrogens with one attached hydrogen (secondary N) is 2. The van der Waals surface area contributed by atoms with Crippen molar-refractivity contribution in [2.75, 3.05) is 6.54 Å². The van der Waals surface area contributed by atoms with E-state index >= 15 is 0 Å². The molecule has 1 aromatic heterocycles. The Kier molecular flexibility index (Phi) is 3.96. The number of carbonyl (C=O) groups is 1. The van der Waals surface area contributed by atoms with Gasteiger partial charge in [0.15, 0.2) is 0 Å². The zero-order valence-corrected chi connectivity index (χ0v) is 12.7. The van der Waals surface area contributed by atoms with Crippen LogP contribution in [-0.4, -0.2) is 27.6 Å². The van der Waals surface area contributed by atoms with Crippen molar-refractivity contribution in [3.63, 3.8) is 0 Å². The topological polar surface area (TPSA) is 70.7 Å². The lowest BCUT2D eigenvalue weighted by Crippen LogP contribution is -2.25. The number of rotatable bonds is 4. The van der Waals surface area contributed by atoms with Gasteiger partial charge in [0.05, 0.1) is 0 Å². The van der Waals surface area contributed by atoms with E-state index in [-0.39, 0.29) is 5.91 Å². The fourth-order valence-electron chi connectivity index (χ4n) is 2.11. The van der Waals surface area contributed by atoms with Crippen molar-refractivity contribution in [1.29, 1.82) is 0 Å². The van der Waals surface area contributed by atoms with Crippen LogP contribution in [0.15, 0.2) is 47.2 Å². The van der Waals surface area contributed by atoms with Crippen LogP contribution in [0.25, 0.3) is 10.8 Å². The first-order valence-electron chi connectivity index (χ1n) is 6.54. The fraction of sp³-hybridized carbons (Fsp3) is 0.133. The Balaban J connectivity index is 1.68. The molecule has 0 saturated carbocycles. The summed E-state index contributed by atoms with van der Waals surface area (Å²) in [4.78, 5) is 16.1. The predicted octanol–water partition coefficient (Wildman–Crippen LogP) is 2.69. The second kappa shape index (κ2) is 6.05. The maximum Gasteiger partial charge on any atom is 0.251 e. The summed E-state index contributed by atoms with van der Waals surface area (Å²) in [7, 11) is 0. The van der Waals surface area contributed by atoms with Crippen LogP contribution in [0.5, 0.6) is 0 Å². The molecule has 106 valence electrons. The van der Waals surface area contributed by atoms with Crippen LogP contribution in [-0.2, 0) is 6.42 Å². The predicted molar refractivity (Wildman–Crippen MR) is 84.1 cm³/mol. The molecular formula is C15H13BrN4O. The molecule has 0 aliphatic heterocycles. The molecule has 0 fully saturated rings. The molecule has 0 aliphatic carbocycles. The second-order valence-electron chi connectivity index (χ2n) is 4.64. The average Bonchev–Trinajstić information content (AvgIpc) is 3.00. The maximum atomic E-state index is 12.1. The van der Waals surface area contributed by atoms with Gasteiger partial charge in [-0.2, -0.15) is 5.10 Å². The largest absolute Gasteiger partial charge is 0.352 e. The van der Waals surface area contributed by atoms with Crippen LogP contribution in [0.3, 0.4) is 0 Å². The van der Waals surface area contributed by atoms with Gasteiger partial charge in [0, 0.05) is 23.0 Å². The van der Waals surface area contributed by atoms with E-state index < -0.39 is 0 Å².